The highest BCUT2D eigenvalue weighted by molar-refractivity contribution is 8.14. The number of hydrogen-bond acceptors (Lipinski definition) is 4. The van der Waals surface area contributed by atoms with Crippen LogP contribution in [0.5, 0.6) is 0 Å². The van der Waals surface area contributed by atoms with Crippen molar-refractivity contribution in [3.05, 3.63) is 46.3 Å². The number of thioether (sulfide) groups is 1. The highest BCUT2D eigenvalue weighted by atomic mass is 32.2. The van der Waals surface area contributed by atoms with Crippen molar-refractivity contribution in [3.63, 3.8) is 0 Å². The molecule has 3 nitrogen and oxygen atoms in total. The van der Waals surface area contributed by atoms with Gasteiger partial charge in [0, 0.05) is 17.7 Å². The molecule has 0 saturated carbocycles. The number of hydrogen-bond donors (Lipinski definition) is 0. The fraction of sp³-hybridized carbons (Fsp3) is 0.167. The van der Waals surface area contributed by atoms with Gasteiger partial charge in [-0.1, -0.05) is 18.2 Å². The average Bonchev–Trinajstić information content (AvgIpc) is 2.81. The van der Waals surface area contributed by atoms with E-state index >= 15 is 0 Å². The van der Waals surface area contributed by atoms with Crippen LogP contribution in [0, 0.1) is 0 Å². The molecule has 1 aromatic carbocycles. The zero-order chi connectivity index (χ0) is 11.0. The van der Waals surface area contributed by atoms with Gasteiger partial charge in [0.15, 0.2) is 0 Å². The van der Waals surface area contributed by atoms with Crippen LogP contribution in [0.1, 0.15) is 5.56 Å². The third-order valence-corrected chi connectivity index (χ3v) is 3.47. The molecule has 0 amide bonds. The molecule has 1 aliphatic rings. The molecule has 0 aliphatic carbocycles. The minimum atomic E-state index is -0.299. The minimum absolute atomic E-state index is 0.299. The second-order valence-corrected chi connectivity index (χ2v) is 4.60. The molecule has 0 atom stereocenters. The van der Waals surface area contributed by atoms with Gasteiger partial charge in [-0.05, 0) is 12.1 Å². The van der Waals surface area contributed by atoms with Crippen molar-refractivity contribution in [1.82, 2.24) is 0 Å². The second-order valence-electron chi connectivity index (χ2n) is 3.52. The molecule has 0 bridgehead atoms. The first kappa shape index (κ1) is 9.66. The Morgan fingerprint density at radius 1 is 1.31 bits per heavy atom. The first-order chi connectivity index (χ1) is 7.84. The Balaban J connectivity index is 2.25. The topological polar surface area (TPSA) is 42.6 Å². The monoisotopic (exact) mass is 231 g/mol. The smallest absolute Gasteiger partial charge is 0.346 e. The van der Waals surface area contributed by atoms with Gasteiger partial charge in [0.2, 0.25) is 0 Å². The van der Waals surface area contributed by atoms with Crippen molar-refractivity contribution in [1.29, 1.82) is 0 Å². The lowest BCUT2D eigenvalue weighted by Crippen LogP contribution is -2.10. The lowest BCUT2D eigenvalue weighted by Gasteiger charge is -2.00. The summed E-state index contributed by atoms with van der Waals surface area (Å²) >= 11 is 1.61. The first-order valence-corrected chi connectivity index (χ1v) is 6.04. The highest BCUT2D eigenvalue weighted by Gasteiger charge is 2.15. The van der Waals surface area contributed by atoms with Crippen molar-refractivity contribution in [2.24, 2.45) is 4.99 Å². The third kappa shape index (κ3) is 1.55. The summed E-state index contributed by atoms with van der Waals surface area (Å²) in [6, 6.07) is 9.37. The highest BCUT2D eigenvalue weighted by Crippen LogP contribution is 2.20. The fourth-order valence-electron chi connectivity index (χ4n) is 1.71. The van der Waals surface area contributed by atoms with E-state index in [1.165, 1.54) is 0 Å². The number of aliphatic imine (C=N–C) groups is 1. The molecule has 2 heterocycles. The Hall–Kier alpha value is -1.55. The van der Waals surface area contributed by atoms with E-state index in [2.05, 4.69) is 4.99 Å². The molecule has 4 heteroatoms. The number of rotatable bonds is 1. The Morgan fingerprint density at radius 2 is 2.19 bits per heavy atom. The molecule has 1 aliphatic heterocycles. The van der Waals surface area contributed by atoms with Gasteiger partial charge in [-0.25, -0.2) is 4.79 Å². The maximum Gasteiger partial charge on any atom is 0.346 e. The maximum atomic E-state index is 11.8. The van der Waals surface area contributed by atoms with Crippen LogP contribution in [0.3, 0.4) is 0 Å². The van der Waals surface area contributed by atoms with Gasteiger partial charge in [0.25, 0.3) is 0 Å². The van der Waals surface area contributed by atoms with E-state index in [-0.39, 0.29) is 5.63 Å². The zero-order valence-corrected chi connectivity index (χ0v) is 9.29. The lowest BCUT2D eigenvalue weighted by atomic mass is 10.2. The molecule has 0 N–H and O–H groups in total. The maximum absolute atomic E-state index is 11.8. The van der Waals surface area contributed by atoms with Crippen LogP contribution < -0.4 is 5.63 Å². The Labute approximate surface area is 96.2 Å². The van der Waals surface area contributed by atoms with Crippen LogP contribution in [0.15, 0.2) is 44.5 Å². The Morgan fingerprint density at radius 3 is 3.00 bits per heavy atom. The van der Waals surface area contributed by atoms with E-state index < -0.39 is 0 Å². The first-order valence-electron chi connectivity index (χ1n) is 5.05. The van der Waals surface area contributed by atoms with Crippen molar-refractivity contribution in [2.45, 2.75) is 0 Å². The lowest BCUT2D eigenvalue weighted by molar-refractivity contribution is 0.559. The summed E-state index contributed by atoms with van der Waals surface area (Å²) in [5, 5.41) is 1.74. The van der Waals surface area contributed by atoms with Gasteiger partial charge < -0.3 is 4.42 Å². The van der Waals surface area contributed by atoms with Crippen LogP contribution in [-0.4, -0.2) is 17.3 Å². The van der Waals surface area contributed by atoms with Gasteiger partial charge in [0.05, 0.1) is 5.56 Å². The standard InChI is InChI=1S/C12H9NO2S/c14-12-9(11-13-5-6-16-11)7-8-3-1-2-4-10(8)15-12/h1-4,7H,5-6H2. The van der Waals surface area contributed by atoms with Crippen molar-refractivity contribution < 1.29 is 4.42 Å². The number of para-hydroxylation sites is 1. The van der Waals surface area contributed by atoms with Crippen LogP contribution in [0.4, 0.5) is 0 Å². The normalized spacial score (nSPS) is 15.4. The quantitative estimate of drug-likeness (QED) is 0.707. The molecule has 16 heavy (non-hydrogen) atoms. The van der Waals surface area contributed by atoms with E-state index in [0.717, 1.165) is 22.7 Å². The van der Waals surface area contributed by atoms with Crippen molar-refractivity contribution in [2.75, 3.05) is 12.3 Å². The number of benzene rings is 1. The SMILES string of the molecule is O=c1oc2ccccc2cc1C1=NCCS1. The molecule has 0 fully saturated rings. The summed E-state index contributed by atoms with van der Waals surface area (Å²) in [5.41, 5.74) is 0.910. The van der Waals surface area contributed by atoms with Gasteiger partial charge in [0.1, 0.15) is 10.6 Å². The fourth-order valence-corrected chi connectivity index (χ4v) is 2.57. The Kier molecular flexibility index (Phi) is 2.29. The van der Waals surface area contributed by atoms with Crippen molar-refractivity contribution >= 4 is 27.8 Å². The van der Waals surface area contributed by atoms with Gasteiger partial charge >= 0.3 is 5.63 Å². The van der Waals surface area contributed by atoms with Gasteiger partial charge in [-0.2, -0.15) is 0 Å². The number of fused-ring (bicyclic) bond motifs is 1. The molecule has 0 unspecified atom stereocenters. The average molecular weight is 231 g/mol. The molecule has 80 valence electrons. The van der Waals surface area contributed by atoms with Gasteiger partial charge in [-0.3, -0.25) is 4.99 Å². The third-order valence-electron chi connectivity index (χ3n) is 2.46. The van der Waals surface area contributed by atoms with E-state index in [4.69, 9.17) is 4.42 Å². The molecule has 0 radical (unpaired) electrons. The van der Waals surface area contributed by atoms with E-state index in [1.807, 2.05) is 24.3 Å². The van der Waals surface area contributed by atoms with Crippen molar-refractivity contribution in [3.8, 4) is 0 Å². The summed E-state index contributed by atoms with van der Waals surface area (Å²) in [7, 11) is 0. The summed E-state index contributed by atoms with van der Waals surface area (Å²) in [5.74, 6) is 0.946. The molecular weight excluding hydrogens is 222 g/mol. The van der Waals surface area contributed by atoms with Crippen LogP contribution in [0.2, 0.25) is 0 Å². The predicted octanol–water partition coefficient (Wildman–Crippen LogP) is 2.29. The second kappa shape index (κ2) is 3.79. The van der Waals surface area contributed by atoms with Crippen LogP contribution in [-0.2, 0) is 0 Å². The van der Waals surface area contributed by atoms with E-state index in [1.54, 1.807) is 17.8 Å². The minimum Gasteiger partial charge on any atom is -0.422 e. The van der Waals surface area contributed by atoms with E-state index in [9.17, 15) is 4.79 Å². The molecule has 0 spiro atoms. The molecular formula is C12H9NO2S. The van der Waals surface area contributed by atoms with Gasteiger partial charge in [-0.15, -0.1) is 11.8 Å². The van der Waals surface area contributed by atoms with Crippen LogP contribution >= 0.6 is 11.8 Å². The summed E-state index contributed by atoms with van der Waals surface area (Å²) < 4.78 is 5.26. The van der Waals surface area contributed by atoms with E-state index in [0.29, 0.717) is 11.1 Å². The Bertz CT molecular complexity index is 630. The summed E-state index contributed by atoms with van der Waals surface area (Å²) in [6.45, 7) is 0.784. The molecule has 1 aromatic heterocycles. The summed E-state index contributed by atoms with van der Waals surface area (Å²) in [4.78, 5) is 16.1. The summed E-state index contributed by atoms with van der Waals surface area (Å²) in [6.07, 6.45) is 0. The molecule has 2 aromatic rings. The number of nitrogens with zero attached hydrogens (tertiary/aromatic N) is 1. The largest absolute Gasteiger partial charge is 0.422 e. The predicted molar refractivity (Wildman–Crippen MR) is 66.3 cm³/mol. The molecule has 3 rings (SSSR count). The molecule has 0 saturated heterocycles. The van der Waals surface area contributed by atoms with Crippen LogP contribution in [0.25, 0.3) is 11.0 Å². The zero-order valence-electron chi connectivity index (χ0n) is 8.47.